The molecule has 0 radical (unpaired) electrons. The molecule has 2 N–H and O–H groups in total. The first-order valence-electron chi connectivity index (χ1n) is 6.45. The Morgan fingerprint density at radius 3 is 2.62 bits per heavy atom. The van der Waals surface area contributed by atoms with E-state index in [9.17, 15) is 14.3 Å². The molecule has 0 fully saturated rings. The molecule has 2 aromatic rings. The highest BCUT2D eigenvalue weighted by atomic mass is 19.1. The van der Waals surface area contributed by atoms with Gasteiger partial charge in [0.05, 0.1) is 13.2 Å². The second kappa shape index (κ2) is 6.26. The fourth-order valence-corrected chi connectivity index (χ4v) is 2.02. The predicted molar refractivity (Wildman–Crippen MR) is 76.9 cm³/mol. The summed E-state index contributed by atoms with van der Waals surface area (Å²) >= 11 is 0. The van der Waals surface area contributed by atoms with Crippen molar-refractivity contribution in [3.63, 3.8) is 0 Å². The molecule has 0 aliphatic heterocycles. The Balaban J connectivity index is 2.14. The second-order valence-electron chi connectivity index (χ2n) is 4.60. The third kappa shape index (κ3) is 3.31. The Hall–Kier alpha value is -2.56. The molecule has 0 aliphatic rings. The Labute approximate surface area is 122 Å². The summed E-state index contributed by atoms with van der Waals surface area (Å²) < 4.78 is 18.6. The third-order valence-corrected chi connectivity index (χ3v) is 3.16. The molecule has 110 valence electrons. The zero-order valence-electron chi connectivity index (χ0n) is 11.8. The van der Waals surface area contributed by atoms with Crippen molar-refractivity contribution in [2.45, 2.75) is 13.0 Å². The molecule has 0 saturated heterocycles. The molecule has 0 heterocycles. The second-order valence-corrected chi connectivity index (χ2v) is 4.60. The van der Waals surface area contributed by atoms with Gasteiger partial charge in [0.2, 0.25) is 0 Å². The molecular formula is C16H16FNO3. The van der Waals surface area contributed by atoms with Gasteiger partial charge >= 0.3 is 0 Å². The van der Waals surface area contributed by atoms with Crippen LogP contribution >= 0.6 is 0 Å². The molecule has 0 spiro atoms. The van der Waals surface area contributed by atoms with E-state index in [1.165, 1.54) is 31.4 Å². The Bertz CT molecular complexity index is 658. The monoisotopic (exact) mass is 289 g/mol. The van der Waals surface area contributed by atoms with Crippen LogP contribution in [-0.2, 0) is 0 Å². The van der Waals surface area contributed by atoms with E-state index in [0.717, 1.165) is 0 Å². The first-order valence-corrected chi connectivity index (χ1v) is 6.45. The summed E-state index contributed by atoms with van der Waals surface area (Å²) in [5, 5.41) is 12.4. The number of carbonyl (C=O) groups excluding carboxylic acids is 1. The fraction of sp³-hybridized carbons (Fsp3) is 0.188. The van der Waals surface area contributed by atoms with Crippen LogP contribution in [0.2, 0.25) is 0 Å². The molecule has 1 atom stereocenters. The maximum atomic E-state index is 13.6. The number of aromatic hydroxyl groups is 1. The predicted octanol–water partition coefficient (Wildman–Crippen LogP) is 3.03. The molecule has 21 heavy (non-hydrogen) atoms. The molecule has 0 bridgehead atoms. The van der Waals surface area contributed by atoms with Gasteiger partial charge in [0.1, 0.15) is 5.82 Å². The smallest absolute Gasteiger partial charge is 0.251 e. The largest absolute Gasteiger partial charge is 0.504 e. The molecule has 1 unspecified atom stereocenters. The van der Waals surface area contributed by atoms with Crippen LogP contribution in [0.5, 0.6) is 11.5 Å². The van der Waals surface area contributed by atoms with Gasteiger partial charge in [-0.3, -0.25) is 4.79 Å². The van der Waals surface area contributed by atoms with Gasteiger partial charge in [0, 0.05) is 11.1 Å². The number of nitrogens with one attached hydrogen (secondary N) is 1. The number of methoxy groups -OCH3 is 1. The lowest BCUT2D eigenvalue weighted by molar-refractivity contribution is 0.0939. The van der Waals surface area contributed by atoms with Crippen molar-refractivity contribution < 1.29 is 19.0 Å². The van der Waals surface area contributed by atoms with Crippen LogP contribution in [0.25, 0.3) is 0 Å². The summed E-state index contributed by atoms with van der Waals surface area (Å²) in [7, 11) is 1.43. The van der Waals surface area contributed by atoms with Gasteiger partial charge in [0.15, 0.2) is 11.5 Å². The molecule has 4 nitrogen and oxygen atoms in total. The van der Waals surface area contributed by atoms with Crippen LogP contribution in [0.1, 0.15) is 28.9 Å². The number of halogens is 1. The number of phenolic OH excluding ortho intramolecular Hbond substituents is 1. The molecular weight excluding hydrogens is 273 g/mol. The minimum Gasteiger partial charge on any atom is -0.504 e. The van der Waals surface area contributed by atoms with Gasteiger partial charge < -0.3 is 15.2 Å². The summed E-state index contributed by atoms with van der Waals surface area (Å²) in [5.74, 6) is -0.607. The molecule has 0 aliphatic carbocycles. The van der Waals surface area contributed by atoms with E-state index in [1.54, 1.807) is 25.1 Å². The van der Waals surface area contributed by atoms with E-state index in [2.05, 4.69) is 5.32 Å². The maximum Gasteiger partial charge on any atom is 0.251 e. The Kier molecular flexibility index (Phi) is 4.42. The van der Waals surface area contributed by atoms with E-state index in [0.29, 0.717) is 5.56 Å². The van der Waals surface area contributed by atoms with Crippen molar-refractivity contribution in [2.75, 3.05) is 7.11 Å². The minimum atomic E-state index is -0.483. The summed E-state index contributed by atoms with van der Waals surface area (Å²) in [5.41, 5.74) is 0.681. The van der Waals surface area contributed by atoms with Crippen LogP contribution in [0.3, 0.4) is 0 Å². The lowest BCUT2D eigenvalue weighted by Gasteiger charge is -2.15. The number of ether oxygens (including phenoxy) is 1. The van der Waals surface area contributed by atoms with Crippen molar-refractivity contribution in [3.8, 4) is 11.5 Å². The van der Waals surface area contributed by atoms with Gasteiger partial charge in [0.25, 0.3) is 5.91 Å². The quantitative estimate of drug-likeness (QED) is 0.909. The maximum absolute atomic E-state index is 13.6. The van der Waals surface area contributed by atoms with E-state index in [4.69, 9.17) is 4.74 Å². The normalized spacial score (nSPS) is 11.8. The molecule has 0 saturated carbocycles. The van der Waals surface area contributed by atoms with Crippen molar-refractivity contribution in [1.82, 2.24) is 5.32 Å². The number of benzene rings is 2. The molecule has 5 heteroatoms. The number of carbonyl (C=O) groups is 1. The van der Waals surface area contributed by atoms with Gasteiger partial charge in [-0.25, -0.2) is 4.39 Å². The SMILES string of the molecule is COc1ccc(C(=O)NC(C)c2ccccc2F)cc1O. The number of hydrogen-bond donors (Lipinski definition) is 2. The summed E-state index contributed by atoms with van der Waals surface area (Å²) in [6.07, 6.45) is 0. The molecule has 2 aromatic carbocycles. The molecule has 1 amide bonds. The Morgan fingerprint density at radius 1 is 1.29 bits per heavy atom. The lowest BCUT2D eigenvalue weighted by atomic mass is 10.1. The van der Waals surface area contributed by atoms with Crippen LogP contribution in [-0.4, -0.2) is 18.1 Å². The Morgan fingerprint density at radius 2 is 2.00 bits per heavy atom. The van der Waals surface area contributed by atoms with E-state index in [-0.39, 0.29) is 22.9 Å². The number of hydrogen-bond acceptors (Lipinski definition) is 3. The first-order chi connectivity index (χ1) is 10.0. The van der Waals surface area contributed by atoms with Crippen LogP contribution in [0, 0.1) is 5.82 Å². The number of rotatable bonds is 4. The summed E-state index contributed by atoms with van der Waals surface area (Å²) in [6, 6.07) is 10.1. The van der Waals surface area contributed by atoms with Gasteiger partial charge in [-0.15, -0.1) is 0 Å². The lowest BCUT2D eigenvalue weighted by Crippen LogP contribution is -2.27. The van der Waals surface area contributed by atoms with Gasteiger partial charge in [-0.2, -0.15) is 0 Å². The zero-order valence-corrected chi connectivity index (χ0v) is 11.8. The zero-order chi connectivity index (χ0) is 15.4. The molecule has 2 rings (SSSR count). The van der Waals surface area contributed by atoms with Gasteiger partial charge in [-0.05, 0) is 31.2 Å². The fourth-order valence-electron chi connectivity index (χ4n) is 2.02. The third-order valence-electron chi connectivity index (χ3n) is 3.16. The number of amides is 1. The highest BCUT2D eigenvalue weighted by Crippen LogP contribution is 2.26. The van der Waals surface area contributed by atoms with E-state index >= 15 is 0 Å². The average molecular weight is 289 g/mol. The highest BCUT2D eigenvalue weighted by Gasteiger charge is 2.15. The summed E-state index contributed by atoms with van der Waals surface area (Å²) in [4.78, 5) is 12.1. The van der Waals surface area contributed by atoms with Gasteiger partial charge in [-0.1, -0.05) is 18.2 Å². The highest BCUT2D eigenvalue weighted by molar-refractivity contribution is 5.95. The standard InChI is InChI=1S/C16H16FNO3/c1-10(12-5-3-4-6-13(12)17)18-16(20)11-7-8-15(21-2)14(19)9-11/h3-10,19H,1-2H3,(H,18,20). The van der Waals surface area contributed by atoms with Crippen molar-refractivity contribution in [2.24, 2.45) is 0 Å². The van der Waals surface area contributed by atoms with Crippen LogP contribution in [0.15, 0.2) is 42.5 Å². The minimum absolute atomic E-state index is 0.122. The van der Waals surface area contributed by atoms with Crippen LogP contribution < -0.4 is 10.1 Å². The van der Waals surface area contributed by atoms with Crippen molar-refractivity contribution >= 4 is 5.91 Å². The van der Waals surface area contributed by atoms with E-state index in [1.807, 2.05) is 0 Å². The summed E-state index contributed by atoms with van der Waals surface area (Å²) in [6.45, 7) is 1.69. The number of phenols is 1. The van der Waals surface area contributed by atoms with Crippen molar-refractivity contribution in [3.05, 3.63) is 59.4 Å². The topological polar surface area (TPSA) is 58.6 Å². The first kappa shape index (κ1) is 14.8. The molecule has 0 aromatic heterocycles. The van der Waals surface area contributed by atoms with Crippen LogP contribution in [0.4, 0.5) is 4.39 Å². The van der Waals surface area contributed by atoms with Crippen molar-refractivity contribution in [1.29, 1.82) is 0 Å². The van der Waals surface area contributed by atoms with E-state index < -0.39 is 11.9 Å². The average Bonchev–Trinajstić information content (AvgIpc) is 2.47.